The average Bonchev–Trinajstić information content (AvgIpc) is 2.91. The third-order valence-electron chi connectivity index (χ3n) is 4.12. The van der Waals surface area contributed by atoms with Gasteiger partial charge in [-0.1, -0.05) is 23.4 Å². The molecule has 3 aromatic rings. The molecule has 0 aliphatic rings. The highest BCUT2D eigenvalue weighted by molar-refractivity contribution is 5.85. The Hall–Kier alpha value is -2.82. The summed E-state index contributed by atoms with van der Waals surface area (Å²) in [6.45, 7) is 4.15. The number of ether oxygens (including phenoxy) is 1. The second-order valence-electron chi connectivity index (χ2n) is 5.80. The highest BCUT2D eigenvalue weighted by Crippen LogP contribution is 2.22. The molecular weight excluding hydrogens is 304 g/mol. The molecule has 0 saturated carbocycles. The van der Waals surface area contributed by atoms with E-state index in [4.69, 9.17) is 9.26 Å². The lowest BCUT2D eigenvalue weighted by atomic mass is 10.1. The quantitative estimate of drug-likeness (QED) is 0.782. The van der Waals surface area contributed by atoms with Crippen LogP contribution < -0.4 is 10.1 Å². The molecule has 0 atom stereocenters. The van der Waals surface area contributed by atoms with Gasteiger partial charge in [0.15, 0.2) is 0 Å². The Morgan fingerprint density at radius 3 is 2.62 bits per heavy atom. The second-order valence-corrected chi connectivity index (χ2v) is 5.80. The normalized spacial score (nSPS) is 10.8. The molecule has 1 heterocycles. The number of carbonyl (C=O) groups excluding carboxylic acids is 1. The molecule has 0 unspecified atom stereocenters. The Labute approximate surface area is 140 Å². The van der Waals surface area contributed by atoms with E-state index in [0.29, 0.717) is 12.3 Å². The zero-order valence-corrected chi connectivity index (χ0v) is 14.1. The summed E-state index contributed by atoms with van der Waals surface area (Å²) in [5.74, 6) is 1.49. The number of methoxy groups -OCH3 is 1. The van der Waals surface area contributed by atoms with Gasteiger partial charge in [-0.3, -0.25) is 4.79 Å². The minimum Gasteiger partial charge on any atom is -0.497 e. The number of carbonyl (C=O) groups is 1. The number of benzene rings is 2. The number of aromatic nitrogens is 1. The fourth-order valence-corrected chi connectivity index (χ4v) is 2.69. The van der Waals surface area contributed by atoms with Crippen molar-refractivity contribution in [3.8, 4) is 5.75 Å². The van der Waals surface area contributed by atoms with Crippen molar-refractivity contribution in [2.45, 2.75) is 26.8 Å². The number of hydrogen-bond donors (Lipinski definition) is 1. The number of nitrogens with one attached hydrogen (secondary N) is 1. The van der Waals surface area contributed by atoms with Gasteiger partial charge in [0.1, 0.15) is 11.5 Å². The Morgan fingerprint density at radius 2 is 1.92 bits per heavy atom. The summed E-state index contributed by atoms with van der Waals surface area (Å²) in [7, 11) is 1.66. The first-order valence-electron chi connectivity index (χ1n) is 7.82. The molecule has 1 N–H and O–H groups in total. The van der Waals surface area contributed by atoms with Crippen molar-refractivity contribution in [1.82, 2.24) is 10.5 Å². The van der Waals surface area contributed by atoms with Crippen molar-refractivity contribution >= 4 is 16.7 Å². The SMILES string of the molecule is COc1ccc2cc(CNC(=O)Cc3c(C)noc3C)ccc2c1. The van der Waals surface area contributed by atoms with Crippen LogP contribution in [0.2, 0.25) is 0 Å². The van der Waals surface area contributed by atoms with E-state index >= 15 is 0 Å². The number of nitrogens with zero attached hydrogens (tertiary/aromatic N) is 1. The zero-order chi connectivity index (χ0) is 17.1. The molecule has 1 aromatic heterocycles. The van der Waals surface area contributed by atoms with E-state index in [-0.39, 0.29) is 12.3 Å². The topological polar surface area (TPSA) is 64.4 Å². The van der Waals surface area contributed by atoms with Gasteiger partial charge in [0, 0.05) is 12.1 Å². The number of rotatable bonds is 5. The Balaban J connectivity index is 1.66. The summed E-state index contributed by atoms with van der Waals surface area (Å²) in [5.41, 5.74) is 2.68. The summed E-state index contributed by atoms with van der Waals surface area (Å²) >= 11 is 0. The predicted molar refractivity (Wildman–Crippen MR) is 92.0 cm³/mol. The fraction of sp³-hybridized carbons (Fsp3) is 0.263. The third kappa shape index (κ3) is 3.40. The minimum absolute atomic E-state index is 0.0424. The molecule has 0 radical (unpaired) electrons. The maximum absolute atomic E-state index is 12.1. The van der Waals surface area contributed by atoms with Gasteiger partial charge >= 0.3 is 0 Å². The van der Waals surface area contributed by atoms with Crippen molar-refractivity contribution < 1.29 is 14.1 Å². The van der Waals surface area contributed by atoms with Crippen LogP contribution in [0, 0.1) is 13.8 Å². The summed E-state index contributed by atoms with van der Waals surface area (Å²) in [5, 5.41) is 9.05. The van der Waals surface area contributed by atoms with Crippen molar-refractivity contribution in [1.29, 1.82) is 0 Å². The molecule has 0 fully saturated rings. The Morgan fingerprint density at radius 1 is 1.17 bits per heavy atom. The van der Waals surface area contributed by atoms with E-state index in [1.165, 1.54) is 0 Å². The molecule has 1 amide bonds. The van der Waals surface area contributed by atoms with E-state index in [9.17, 15) is 4.79 Å². The molecule has 5 nitrogen and oxygen atoms in total. The molecule has 2 aromatic carbocycles. The first-order valence-corrected chi connectivity index (χ1v) is 7.82. The molecule has 24 heavy (non-hydrogen) atoms. The van der Waals surface area contributed by atoms with Gasteiger partial charge < -0.3 is 14.6 Å². The molecule has 5 heteroatoms. The van der Waals surface area contributed by atoms with E-state index in [0.717, 1.165) is 33.3 Å². The lowest BCUT2D eigenvalue weighted by Crippen LogP contribution is -2.24. The van der Waals surface area contributed by atoms with Crippen LogP contribution in [-0.2, 0) is 17.8 Å². The van der Waals surface area contributed by atoms with E-state index in [2.05, 4.69) is 16.5 Å². The summed E-state index contributed by atoms with van der Waals surface area (Å²) < 4.78 is 10.3. The maximum atomic E-state index is 12.1. The number of amides is 1. The first-order chi connectivity index (χ1) is 11.6. The van der Waals surface area contributed by atoms with Gasteiger partial charge in [-0.2, -0.15) is 0 Å². The van der Waals surface area contributed by atoms with Crippen LogP contribution in [-0.4, -0.2) is 18.2 Å². The van der Waals surface area contributed by atoms with Crippen molar-refractivity contribution in [3.05, 3.63) is 59.0 Å². The molecule has 0 bridgehead atoms. The molecular formula is C19H20N2O3. The summed E-state index contributed by atoms with van der Waals surface area (Å²) in [6, 6.07) is 12.1. The predicted octanol–water partition coefficient (Wildman–Crippen LogP) is 3.31. The molecule has 0 spiro atoms. The molecule has 0 aliphatic carbocycles. The van der Waals surface area contributed by atoms with Crippen molar-refractivity contribution in [2.24, 2.45) is 0 Å². The minimum atomic E-state index is -0.0424. The average molecular weight is 324 g/mol. The Kier molecular flexibility index (Phi) is 4.51. The number of fused-ring (bicyclic) bond motifs is 1. The fourth-order valence-electron chi connectivity index (χ4n) is 2.69. The molecule has 124 valence electrons. The maximum Gasteiger partial charge on any atom is 0.224 e. The molecule has 3 rings (SSSR count). The van der Waals surface area contributed by atoms with Crippen LogP contribution in [0.4, 0.5) is 0 Å². The summed E-state index contributed by atoms with van der Waals surface area (Å²) in [6.07, 6.45) is 0.284. The van der Waals surface area contributed by atoms with E-state index in [1.54, 1.807) is 7.11 Å². The molecule has 0 aliphatic heterocycles. The van der Waals surface area contributed by atoms with Crippen LogP contribution in [0.5, 0.6) is 5.75 Å². The van der Waals surface area contributed by atoms with Gasteiger partial charge in [0.2, 0.25) is 5.91 Å². The number of hydrogen-bond acceptors (Lipinski definition) is 4. The first kappa shape index (κ1) is 16.1. The lowest BCUT2D eigenvalue weighted by molar-refractivity contribution is -0.120. The van der Waals surface area contributed by atoms with E-state index in [1.807, 2.05) is 44.2 Å². The highest BCUT2D eigenvalue weighted by Gasteiger charge is 2.13. The van der Waals surface area contributed by atoms with Crippen molar-refractivity contribution in [2.75, 3.05) is 7.11 Å². The zero-order valence-electron chi connectivity index (χ0n) is 14.1. The van der Waals surface area contributed by atoms with Gasteiger partial charge in [0.05, 0.1) is 19.2 Å². The van der Waals surface area contributed by atoms with E-state index < -0.39 is 0 Å². The Bertz CT molecular complexity index is 864. The smallest absolute Gasteiger partial charge is 0.224 e. The summed E-state index contributed by atoms with van der Waals surface area (Å²) in [4.78, 5) is 12.1. The van der Waals surface area contributed by atoms with Crippen molar-refractivity contribution in [3.63, 3.8) is 0 Å². The van der Waals surface area contributed by atoms with Crippen LogP contribution in [0.15, 0.2) is 40.9 Å². The van der Waals surface area contributed by atoms with Crippen LogP contribution in [0.3, 0.4) is 0 Å². The largest absolute Gasteiger partial charge is 0.497 e. The third-order valence-corrected chi connectivity index (χ3v) is 4.12. The van der Waals surface area contributed by atoms with Gasteiger partial charge in [-0.25, -0.2) is 0 Å². The van der Waals surface area contributed by atoms with Crippen LogP contribution in [0.1, 0.15) is 22.6 Å². The standard InChI is InChI=1S/C19H20N2O3/c1-12-18(13(2)24-21-12)10-19(22)20-11-14-4-5-16-9-17(23-3)7-6-15(16)8-14/h4-9H,10-11H2,1-3H3,(H,20,22). The van der Waals surface area contributed by atoms with Crippen LogP contribution >= 0.6 is 0 Å². The highest BCUT2D eigenvalue weighted by atomic mass is 16.5. The van der Waals surface area contributed by atoms with Gasteiger partial charge in [0.25, 0.3) is 0 Å². The number of aryl methyl sites for hydroxylation is 2. The molecule has 0 saturated heterocycles. The van der Waals surface area contributed by atoms with Gasteiger partial charge in [-0.05, 0) is 48.4 Å². The van der Waals surface area contributed by atoms with Gasteiger partial charge in [-0.15, -0.1) is 0 Å². The second kappa shape index (κ2) is 6.74. The van der Waals surface area contributed by atoms with Crippen LogP contribution in [0.25, 0.3) is 10.8 Å². The lowest BCUT2D eigenvalue weighted by Gasteiger charge is -2.08. The monoisotopic (exact) mass is 324 g/mol.